The summed E-state index contributed by atoms with van der Waals surface area (Å²) in [7, 11) is 0. The predicted octanol–water partition coefficient (Wildman–Crippen LogP) is 4.32. The second kappa shape index (κ2) is 7.09. The van der Waals surface area contributed by atoms with Crippen molar-refractivity contribution in [1.29, 1.82) is 0 Å². The van der Waals surface area contributed by atoms with Crippen LogP contribution in [0, 0.1) is 0 Å². The average Bonchev–Trinajstić information content (AvgIpc) is 2.90. The van der Waals surface area contributed by atoms with E-state index in [1.165, 1.54) is 11.3 Å². The topological polar surface area (TPSA) is 75.6 Å². The maximum Gasteiger partial charge on any atom is 0.412 e. The number of carbonyl (C=O) groups is 2. The van der Waals surface area contributed by atoms with Crippen LogP contribution in [0.25, 0.3) is 0 Å². The largest absolute Gasteiger partial charge is 0.478 e. The molecule has 6 heteroatoms. The van der Waals surface area contributed by atoms with Crippen LogP contribution in [0.4, 0.5) is 9.80 Å². The van der Waals surface area contributed by atoms with E-state index in [2.05, 4.69) is 5.32 Å². The van der Waals surface area contributed by atoms with Crippen molar-refractivity contribution in [3.8, 4) is 0 Å². The average molecular weight is 319 g/mol. The highest BCUT2D eigenvalue weighted by Gasteiger charge is 2.21. The normalized spacial score (nSPS) is 10.5. The molecule has 0 aliphatic carbocycles. The minimum Gasteiger partial charge on any atom is -0.478 e. The number of ether oxygens (including phenoxy) is 1. The molecule has 0 aliphatic rings. The number of rotatable bonds is 5. The summed E-state index contributed by atoms with van der Waals surface area (Å²) in [4.78, 5) is 23.2. The van der Waals surface area contributed by atoms with Gasteiger partial charge in [-0.1, -0.05) is 44.2 Å². The number of nitrogens with one attached hydrogen (secondary N) is 1. The molecule has 0 radical (unpaired) electrons. The Labute approximate surface area is 132 Å². The summed E-state index contributed by atoms with van der Waals surface area (Å²) in [6.45, 7) is 3.95. The molecule has 1 aromatic heterocycles. The van der Waals surface area contributed by atoms with E-state index < -0.39 is 12.1 Å². The van der Waals surface area contributed by atoms with Crippen molar-refractivity contribution < 1.29 is 19.4 Å². The fourth-order valence-corrected chi connectivity index (χ4v) is 3.06. The zero-order valence-corrected chi connectivity index (χ0v) is 13.1. The highest BCUT2D eigenvalue weighted by atomic mass is 32.1. The molecular formula is C16H17NO4S. The van der Waals surface area contributed by atoms with Gasteiger partial charge in [0.2, 0.25) is 0 Å². The van der Waals surface area contributed by atoms with Crippen LogP contribution in [0.15, 0.2) is 35.7 Å². The number of hydrogen-bond donors (Lipinski definition) is 2. The van der Waals surface area contributed by atoms with E-state index in [1.807, 2.05) is 44.2 Å². The van der Waals surface area contributed by atoms with Crippen molar-refractivity contribution in [2.45, 2.75) is 26.4 Å². The molecule has 0 fully saturated rings. The van der Waals surface area contributed by atoms with Gasteiger partial charge >= 0.3 is 12.1 Å². The fraction of sp³-hybridized carbons (Fsp3) is 0.250. The van der Waals surface area contributed by atoms with Gasteiger partial charge in [0.15, 0.2) is 0 Å². The number of anilines is 1. The summed E-state index contributed by atoms with van der Waals surface area (Å²) in [5.41, 5.74) is 1.71. The SMILES string of the molecule is CC(C)c1csc(NC(=O)OCc2ccccc2)c1C(=O)O. The maximum atomic E-state index is 11.8. The summed E-state index contributed by atoms with van der Waals surface area (Å²) in [5.74, 6) is -0.985. The Kier molecular flexibility index (Phi) is 5.16. The lowest BCUT2D eigenvalue weighted by Crippen LogP contribution is -2.15. The third kappa shape index (κ3) is 3.85. The van der Waals surface area contributed by atoms with Gasteiger partial charge in [0.1, 0.15) is 11.6 Å². The zero-order valence-electron chi connectivity index (χ0n) is 12.3. The maximum absolute atomic E-state index is 11.8. The van der Waals surface area contributed by atoms with Gasteiger partial charge in [0, 0.05) is 0 Å². The molecule has 0 bridgehead atoms. The Morgan fingerprint density at radius 2 is 1.95 bits per heavy atom. The Bertz CT molecular complexity index is 664. The van der Waals surface area contributed by atoms with Gasteiger partial charge in [-0.2, -0.15) is 0 Å². The van der Waals surface area contributed by atoms with Gasteiger partial charge in [0.05, 0.1) is 5.56 Å². The zero-order chi connectivity index (χ0) is 16.1. The standard InChI is InChI=1S/C16H17NO4S/c1-10(2)12-9-22-14(13(12)15(18)19)17-16(20)21-8-11-6-4-3-5-7-11/h3-7,9-10H,8H2,1-2H3,(H,17,20)(H,18,19). The Balaban J connectivity index is 2.04. The molecule has 0 aliphatic heterocycles. The highest BCUT2D eigenvalue weighted by Crippen LogP contribution is 2.33. The first-order valence-electron chi connectivity index (χ1n) is 6.81. The fourth-order valence-electron chi connectivity index (χ4n) is 1.96. The van der Waals surface area contributed by atoms with Gasteiger partial charge < -0.3 is 9.84 Å². The lowest BCUT2D eigenvalue weighted by Gasteiger charge is -2.08. The van der Waals surface area contributed by atoms with E-state index in [1.54, 1.807) is 5.38 Å². The molecule has 0 spiro atoms. The number of carbonyl (C=O) groups excluding carboxylic acids is 1. The summed E-state index contributed by atoms with van der Waals surface area (Å²) >= 11 is 1.19. The Morgan fingerprint density at radius 1 is 1.27 bits per heavy atom. The molecule has 0 atom stereocenters. The molecular weight excluding hydrogens is 302 g/mol. The third-order valence-corrected chi connectivity index (χ3v) is 4.00. The van der Waals surface area contributed by atoms with Crippen molar-refractivity contribution >= 4 is 28.4 Å². The highest BCUT2D eigenvalue weighted by molar-refractivity contribution is 7.15. The van der Waals surface area contributed by atoms with Gasteiger partial charge in [0.25, 0.3) is 0 Å². The van der Waals surface area contributed by atoms with Crippen LogP contribution in [0.5, 0.6) is 0 Å². The monoisotopic (exact) mass is 319 g/mol. The third-order valence-electron chi connectivity index (χ3n) is 3.08. The molecule has 1 aromatic carbocycles. The van der Waals surface area contributed by atoms with Crippen LogP contribution in [-0.2, 0) is 11.3 Å². The smallest absolute Gasteiger partial charge is 0.412 e. The van der Waals surface area contributed by atoms with Gasteiger partial charge in [-0.3, -0.25) is 5.32 Å². The first-order valence-corrected chi connectivity index (χ1v) is 7.69. The van der Waals surface area contributed by atoms with Crippen molar-refractivity contribution in [2.75, 3.05) is 5.32 Å². The van der Waals surface area contributed by atoms with E-state index in [9.17, 15) is 14.7 Å². The van der Waals surface area contributed by atoms with Crippen LogP contribution in [-0.4, -0.2) is 17.2 Å². The molecule has 0 unspecified atom stereocenters. The lowest BCUT2D eigenvalue weighted by atomic mass is 10.0. The van der Waals surface area contributed by atoms with Gasteiger partial charge in [-0.25, -0.2) is 9.59 Å². The molecule has 116 valence electrons. The van der Waals surface area contributed by atoms with E-state index >= 15 is 0 Å². The van der Waals surface area contributed by atoms with Crippen LogP contribution in [0.3, 0.4) is 0 Å². The predicted molar refractivity (Wildman–Crippen MR) is 85.6 cm³/mol. The number of amides is 1. The number of carboxylic acid groups (broad SMARTS) is 1. The lowest BCUT2D eigenvalue weighted by molar-refractivity contribution is 0.0697. The summed E-state index contributed by atoms with van der Waals surface area (Å²) in [6, 6.07) is 9.28. The van der Waals surface area contributed by atoms with Crippen LogP contribution >= 0.6 is 11.3 Å². The Hall–Kier alpha value is -2.34. The summed E-state index contributed by atoms with van der Waals surface area (Å²) in [5, 5.41) is 13.9. The Morgan fingerprint density at radius 3 is 2.55 bits per heavy atom. The first-order chi connectivity index (χ1) is 10.5. The molecule has 5 nitrogen and oxygen atoms in total. The molecule has 2 rings (SSSR count). The molecule has 2 aromatic rings. The number of thiophene rings is 1. The van der Waals surface area contributed by atoms with Crippen molar-refractivity contribution in [2.24, 2.45) is 0 Å². The first kappa shape index (κ1) is 16.0. The van der Waals surface area contributed by atoms with Gasteiger partial charge in [-0.15, -0.1) is 11.3 Å². The second-order valence-corrected chi connectivity index (χ2v) is 5.92. The number of aromatic carboxylic acids is 1. The quantitative estimate of drug-likeness (QED) is 0.860. The number of carboxylic acids is 1. The van der Waals surface area contributed by atoms with Crippen LogP contribution in [0.2, 0.25) is 0 Å². The summed E-state index contributed by atoms with van der Waals surface area (Å²) in [6.07, 6.45) is -0.663. The van der Waals surface area contributed by atoms with Gasteiger partial charge in [-0.05, 0) is 22.4 Å². The minimum atomic E-state index is -1.05. The minimum absolute atomic E-state index is 0.0678. The van der Waals surface area contributed by atoms with E-state index in [0.29, 0.717) is 10.6 Å². The summed E-state index contributed by atoms with van der Waals surface area (Å²) < 4.78 is 5.10. The van der Waals surface area contributed by atoms with Crippen molar-refractivity contribution in [1.82, 2.24) is 0 Å². The number of benzene rings is 1. The number of hydrogen-bond acceptors (Lipinski definition) is 4. The second-order valence-electron chi connectivity index (χ2n) is 5.04. The van der Waals surface area contributed by atoms with E-state index in [0.717, 1.165) is 5.56 Å². The van der Waals surface area contributed by atoms with Crippen LogP contribution in [0.1, 0.15) is 41.3 Å². The van der Waals surface area contributed by atoms with Crippen molar-refractivity contribution in [3.63, 3.8) is 0 Å². The molecule has 1 amide bonds. The molecule has 2 N–H and O–H groups in total. The molecule has 1 heterocycles. The van der Waals surface area contributed by atoms with E-state index in [4.69, 9.17) is 4.74 Å². The van der Waals surface area contributed by atoms with Crippen LogP contribution < -0.4 is 5.32 Å². The van der Waals surface area contributed by atoms with E-state index in [-0.39, 0.29) is 18.1 Å². The molecule has 0 saturated heterocycles. The molecule has 0 saturated carbocycles. The van der Waals surface area contributed by atoms with Crippen molar-refractivity contribution in [3.05, 3.63) is 52.4 Å². The molecule has 22 heavy (non-hydrogen) atoms.